The van der Waals surface area contributed by atoms with E-state index in [4.69, 9.17) is 0 Å². The lowest BCUT2D eigenvalue weighted by molar-refractivity contribution is -0.120. The van der Waals surface area contributed by atoms with Crippen molar-refractivity contribution in [3.05, 3.63) is 72.2 Å². The second-order valence-corrected chi connectivity index (χ2v) is 6.88. The fraction of sp³-hybridized carbons (Fsp3) is 0.227. The first-order valence-corrected chi connectivity index (χ1v) is 9.44. The molecule has 1 aliphatic heterocycles. The Morgan fingerprint density at radius 2 is 1.89 bits per heavy atom. The van der Waals surface area contributed by atoms with E-state index in [1.165, 1.54) is 0 Å². The van der Waals surface area contributed by atoms with Gasteiger partial charge in [0, 0.05) is 18.7 Å². The molecular weight excluding hydrogens is 352 g/mol. The van der Waals surface area contributed by atoms with Gasteiger partial charge in [0.25, 0.3) is 0 Å². The van der Waals surface area contributed by atoms with E-state index >= 15 is 0 Å². The van der Waals surface area contributed by atoms with Crippen LogP contribution >= 0.6 is 0 Å². The van der Waals surface area contributed by atoms with Crippen LogP contribution in [0.15, 0.2) is 60.8 Å². The van der Waals surface area contributed by atoms with Crippen molar-refractivity contribution in [1.82, 2.24) is 15.3 Å². The smallest absolute Gasteiger partial charge is 0.227 e. The number of aromatic amines is 1. The summed E-state index contributed by atoms with van der Waals surface area (Å²) in [5.74, 6) is 0.816. The van der Waals surface area contributed by atoms with E-state index < -0.39 is 0 Å². The SMILES string of the molecule is O=C(Cc1ccc(N2CCCC2=O)cc1)NCc1ncc(-c2ccccc2)[nH]1. The highest BCUT2D eigenvalue weighted by Crippen LogP contribution is 2.21. The minimum atomic E-state index is -0.0670. The van der Waals surface area contributed by atoms with E-state index in [0.29, 0.717) is 19.4 Å². The van der Waals surface area contributed by atoms with Crippen molar-refractivity contribution >= 4 is 17.5 Å². The maximum Gasteiger partial charge on any atom is 0.227 e. The Balaban J connectivity index is 1.30. The lowest BCUT2D eigenvalue weighted by Crippen LogP contribution is -2.25. The third-order valence-corrected chi connectivity index (χ3v) is 4.85. The maximum atomic E-state index is 12.2. The van der Waals surface area contributed by atoms with Gasteiger partial charge in [-0.15, -0.1) is 0 Å². The van der Waals surface area contributed by atoms with Crippen LogP contribution in [0, 0.1) is 0 Å². The van der Waals surface area contributed by atoms with E-state index in [0.717, 1.165) is 41.3 Å². The molecule has 6 nitrogen and oxygen atoms in total. The number of nitrogens with one attached hydrogen (secondary N) is 2. The highest BCUT2D eigenvalue weighted by molar-refractivity contribution is 5.95. The topological polar surface area (TPSA) is 78.1 Å². The number of carbonyl (C=O) groups excluding carboxylic acids is 2. The number of hydrogen-bond donors (Lipinski definition) is 2. The molecule has 0 unspecified atom stereocenters. The summed E-state index contributed by atoms with van der Waals surface area (Å²) in [5.41, 5.74) is 3.80. The normalized spacial score (nSPS) is 13.7. The number of benzene rings is 2. The number of aromatic nitrogens is 2. The second kappa shape index (κ2) is 8.08. The monoisotopic (exact) mass is 374 g/mol. The zero-order valence-electron chi connectivity index (χ0n) is 15.5. The summed E-state index contributed by atoms with van der Waals surface area (Å²) in [6.07, 6.45) is 3.58. The largest absolute Gasteiger partial charge is 0.349 e. The number of imidazole rings is 1. The van der Waals surface area contributed by atoms with Gasteiger partial charge in [-0.05, 0) is 29.7 Å². The molecule has 0 radical (unpaired) electrons. The van der Waals surface area contributed by atoms with Crippen LogP contribution in [-0.4, -0.2) is 28.3 Å². The number of hydrogen-bond acceptors (Lipinski definition) is 3. The fourth-order valence-corrected chi connectivity index (χ4v) is 3.36. The Morgan fingerprint density at radius 1 is 1.11 bits per heavy atom. The predicted octanol–water partition coefficient (Wildman–Crippen LogP) is 3.06. The number of carbonyl (C=O) groups is 2. The van der Waals surface area contributed by atoms with E-state index in [1.54, 1.807) is 11.1 Å². The van der Waals surface area contributed by atoms with Gasteiger partial charge in [0.15, 0.2) is 0 Å². The average Bonchev–Trinajstić information content (AvgIpc) is 3.37. The number of amides is 2. The summed E-state index contributed by atoms with van der Waals surface area (Å²) in [5, 5.41) is 2.89. The summed E-state index contributed by atoms with van der Waals surface area (Å²) in [6.45, 7) is 1.12. The minimum Gasteiger partial charge on any atom is -0.349 e. The Labute approximate surface area is 163 Å². The Morgan fingerprint density at radius 3 is 2.61 bits per heavy atom. The fourth-order valence-electron chi connectivity index (χ4n) is 3.36. The molecule has 6 heteroatoms. The van der Waals surface area contributed by atoms with Crippen molar-refractivity contribution in [2.45, 2.75) is 25.8 Å². The van der Waals surface area contributed by atoms with Gasteiger partial charge in [-0.25, -0.2) is 4.98 Å². The quantitative estimate of drug-likeness (QED) is 0.696. The summed E-state index contributed by atoms with van der Waals surface area (Å²) in [7, 11) is 0. The molecule has 4 rings (SSSR count). The molecule has 0 spiro atoms. The number of nitrogens with zero attached hydrogens (tertiary/aromatic N) is 2. The lowest BCUT2D eigenvalue weighted by atomic mass is 10.1. The molecule has 1 saturated heterocycles. The molecule has 0 atom stereocenters. The van der Waals surface area contributed by atoms with Crippen molar-refractivity contribution in [3.63, 3.8) is 0 Å². The Bertz CT molecular complexity index is 964. The summed E-state index contributed by atoms with van der Waals surface area (Å²) in [4.78, 5) is 33.4. The summed E-state index contributed by atoms with van der Waals surface area (Å²) in [6, 6.07) is 17.6. The highest BCUT2D eigenvalue weighted by atomic mass is 16.2. The molecule has 142 valence electrons. The maximum absolute atomic E-state index is 12.2. The first kappa shape index (κ1) is 18.0. The van der Waals surface area contributed by atoms with Gasteiger partial charge in [0.2, 0.25) is 11.8 Å². The first-order valence-electron chi connectivity index (χ1n) is 9.44. The van der Waals surface area contributed by atoms with Gasteiger partial charge in [-0.1, -0.05) is 42.5 Å². The standard InChI is InChI=1S/C22H22N4O2/c27-21(13-16-8-10-18(11-9-16)26-12-4-7-22(26)28)24-15-20-23-14-19(25-20)17-5-2-1-3-6-17/h1-3,5-6,8-11,14H,4,7,12-13,15H2,(H,23,25)(H,24,27). The van der Waals surface area contributed by atoms with Gasteiger partial charge < -0.3 is 15.2 Å². The molecule has 2 amide bonds. The average molecular weight is 374 g/mol. The van der Waals surface area contributed by atoms with Crippen LogP contribution in [0.1, 0.15) is 24.2 Å². The van der Waals surface area contributed by atoms with Crippen LogP contribution in [0.5, 0.6) is 0 Å². The zero-order chi connectivity index (χ0) is 19.3. The molecule has 1 aromatic heterocycles. The molecule has 0 bridgehead atoms. The molecule has 2 heterocycles. The molecular formula is C22H22N4O2. The van der Waals surface area contributed by atoms with Crippen LogP contribution < -0.4 is 10.2 Å². The third kappa shape index (κ3) is 4.11. The molecule has 2 aromatic carbocycles. The first-order chi connectivity index (χ1) is 13.7. The number of H-pyrrole nitrogens is 1. The summed E-state index contributed by atoms with van der Waals surface area (Å²) >= 11 is 0. The van der Waals surface area contributed by atoms with Gasteiger partial charge in [0.05, 0.1) is 24.9 Å². The van der Waals surface area contributed by atoms with Crippen LogP contribution in [-0.2, 0) is 22.6 Å². The van der Waals surface area contributed by atoms with E-state index in [2.05, 4.69) is 15.3 Å². The van der Waals surface area contributed by atoms with Crippen LogP contribution in [0.4, 0.5) is 5.69 Å². The van der Waals surface area contributed by atoms with Crippen molar-refractivity contribution in [2.24, 2.45) is 0 Å². The summed E-state index contributed by atoms with van der Waals surface area (Å²) < 4.78 is 0. The molecule has 0 aliphatic carbocycles. The van der Waals surface area contributed by atoms with Gasteiger partial charge >= 0.3 is 0 Å². The Kier molecular flexibility index (Phi) is 5.19. The Hall–Kier alpha value is -3.41. The molecule has 2 N–H and O–H groups in total. The third-order valence-electron chi connectivity index (χ3n) is 4.85. The minimum absolute atomic E-state index is 0.0670. The lowest BCUT2D eigenvalue weighted by Gasteiger charge is -2.15. The number of anilines is 1. The van der Waals surface area contributed by atoms with Crippen molar-refractivity contribution in [2.75, 3.05) is 11.4 Å². The van der Waals surface area contributed by atoms with Crippen molar-refractivity contribution < 1.29 is 9.59 Å². The van der Waals surface area contributed by atoms with Gasteiger partial charge in [-0.3, -0.25) is 9.59 Å². The van der Waals surface area contributed by atoms with Crippen molar-refractivity contribution in [1.29, 1.82) is 0 Å². The van der Waals surface area contributed by atoms with Crippen LogP contribution in [0.2, 0.25) is 0 Å². The van der Waals surface area contributed by atoms with E-state index in [-0.39, 0.29) is 11.8 Å². The van der Waals surface area contributed by atoms with Crippen LogP contribution in [0.25, 0.3) is 11.3 Å². The predicted molar refractivity (Wildman–Crippen MR) is 108 cm³/mol. The van der Waals surface area contributed by atoms with Gasteiger partial charge in [0.1, 0.15) is 5.82 Å². The van der Waals surface area contributed by atoms with Gasteiger partial charge in [-0.2, -0.15) is 0 Å². The molecule has 0 saturated carbocycles. The van der Waals surface area contributed by atoms with E-state index in [9.17, 15) is 9.59 Å². The second-order valence-electron chi connectivity index (χ2n) is 6.88. The molecule has 28 heavy (non-hydrogen) atoms. The molecule has 1 aliphatic rings. The van der Waals surface area contributed by atoms with Crippen LogP contribution in [0.3, 0.4) is 0 Å². The molecule has 1 fully saturated rings. The molecule has 3 aromatic rings. The highest BCUT2D eigenvalue weighted by Gasteiger charge is 2.21. The van der Waals surface area contributed by atoms with E-state index in [1.807, 2.05) is 54.6 Å². The zero-order valence-corrected chi connectivity index (χ0v) is 15.5. The van der Waals surface area contributed by atoms with Crippen molar-refractivity contribution in [3.8, 4) is 11.3 Å². The number of rotatable bonds is 6.